The van der Waals surface area contributed by atoms with Crippen LogP contribution in [0.25, 0.3) is 11.3 Å². The van der Waals surface area contributed by atoms with E-state index in [0.29, 0.717) is 36.4 Å². The van der Waals surface area contributed by atoms with Gasteiger partial charge in [-0.3, -0.25) is 0 Å². The summed E-state index contributed by atoms with van der Waals surface area (Å²) in [7, 11) is -3.36. The van der Waals surface area contributed by atoms with Crippen LogP contribution in [0.3, 0.4) is 0 Å². The second kappa shape index (κ2) is 7.71. The zero-order valence-electron chi connectivity index (χ0n) is 15.6. The molecule has 0 spiro atoms. The smallest absolute Gasteiger partial charge is 0.252 e. The molecule has 2 aliphatic heterocycles. The second-order valence-corrected chi connectivity index (χ2v) is 11.0. The number of fused-ring (bicyclic) bond motifs is 1. The van der Waals surface area contributed by atoms with E-state index in [1.54, 1.807) is 33.2 Å². The van der Waals surface area contributed by atoms with Gasteiger partial charge in [0, 0.05) is 30.0 Å². The van der Waals surface area contributed by atoms with E-state index in [1.165, 1.54) is 11.3 Å². The van der Waals surface area contributed by atoms with Crippen LogP contribution in [-0.2, 0) is 10.0 Å². The van der Waals surface area contributed by atoms with Gasteiger partial charge in [0.1, 0.15) is 17.4 Å². The van der Waals surface area contributed by atoms with Crippen molar-refractivity contribution < 1.29 is 17.9 Å². The van der Waals surface area contributed by atoms with Crippen molar-refractivity contribution in [3.8, 4) is 22.8 Å². The van der Waals surface area contributed by atoms with E-state index in [1.807, 2.05) is 18.2 Å². The number of piperidine rings is 1. The maximum atomic E-state index is 12.7. The summed E-state index contributed by atoms with van der Waals surface area (Å²) >= 11 is 2.92. The molecule has 0 saturated carbocycles. The first-order chi connectivity index (χ1) is 14.1. The Balaban J connectivity index is 1.29. The third kappa shape index (κ3) is 3.68. The molecule has 4 heterocycles. The van der Waals surface area contributed by atoms with E-state index in [4.69, 9.17) is 14.5 Å². The molecule has 1 fully saturated rings. The number of benzene rings is 1. The molecule has 0 N–H and O–H groups in total. The van der Waals surface area contributed by atoms with Gasteiger partial charge in [0.15, 0.2) is 11.5 Å². The molecule has 1 aromatic carbocycles. The standard InChI is InChI=1S/C20H20N2O4S3/c23-29(24,19-2-1-11-27-19)22-7-5-14(6-8-22)20-21-16(13-28-20)15-3-4-17-18(12-15)26-10-9-25-17/h1-4,11-14H,5-10H2. The highest BCUT2D eigenvalue weighted by Gasteiger charge is 2.31. The predicted octanol–water partition coefficient (Wildman–Crippen LogP) is 4.21. The molecule has 0 radical (unpaired) electrons. The van der Waals surface area contributed by atoms with Crippen molar-refractivity contribution >= 4 is 32.7 Å². The molecular formula is C20H20N2O4S3. The molecule has 9 heteroatoms. The molecule has 2 aliphatic rings. The van der Waals surface area contributed by atoms with Gasteiger partial charge in [0.25, 0.3) is 10.0 Å². The van der Waals surface area contributed by atoms with Gasteiger partial charge < -0.3 is 9.47 Å². The van der Waals surface area contributed by atoms with Crippen LogP contribution >= 0.6 is 22.7 Å². The fourth-order valence-electron chi connectivity index (χ4n) is 3.69. The number of aromatic nitrogens is 1. The maximum Gasteiger partial charge on any atom is 0.252 e. The fraction of sp³-hybridized carbons (Fsp3) is 0.350. The van der Waals surface area contributed by atoms with Gasteiger partial charge in [0.2, 0.25) is 0 Å². The number of sulfonamides is 1. The van der Waals surface area contributed by atoms with Crippen LogP contribution in [0.4, 0.5) is 0 Å². The summed E-state index contributed by atoms with van der Waals surface area (Å²) in [6.45, 7) is 2.20. The maximum absolute atomic E-state index is 12.7. The molecule has 0 unspecified atom stereocenters. The molecule has 5 rings (SSSR count). The minimum atomic E-state index is -3.36. The van der Waals surface area contributed by atoms with E-state index in [-0.39, 0.29) is 0 Å². The Kier molecular flexibility index (Phi) is 5.07. The van der Waals surface area contributed by atoms with Crippen molar-refractivity contribution in [2.24, 2.45) is 0 Å². The SMILES string of the molecule is O=S(=O)(c1cccs1)N1CCC(c2nc(-c3ccc4c(c3)OCCO4)cs2)CC1. The van der Waals surface area contributed by atoms with Crippen LogP contribution in [0.5, 0.6) is 11.5 Å². The number of hydrogen-bond acceptors (Lipinski definition) is 7. The Morgan fingerprint density at radius 1 is 1.03 bits per heavy atom. The molecule has 0 bridgehead atoms. The van der Waals surface area contributed by atoms with Gasteiger partial charge in [-0.05, 0) is 42.5 Å². The van der Waals surface area contributed by atoms with Gasteiger partial charge in [-0.1, -0.05) is 6.07 Å². The van der Waals surface area contributed by atoms with Crippen molar-refractivity contribution in [1.29, 1.82) is 0 Å². The van der Waals surface area contributed by atoms with Crippen LogP contribution in [0, 0.1) is 0 Å². The first-order valence-electron chi connectivity index (χ1n) is 9.50. The topological polar surface area (TPSA) is 68.7 Å². The largest absolute Gasteiger partial charge is 0.486 e. The Morgan fingerprint density at radius 3 is 2.59 bits per heavy atom. The summed E-state index contributed by atoms with van der Waals surface area (Å²) in [6, 6.07) is 9.36. The summed E-state index contributed by atoms with van der Waals surface area (Å²) in [5.74, 6) is 1.82. The average molecular weight is 449 g/mol. The lowest BCUT2D eigenvalue weighted by Gasteiger charge is -2.29. The zero-order valence-corrected chi connectivity index (χ0v) is 18.1. The summed E-state index contributed by atoms with van der Waals surface area (Å²) in [6.07, 6.45) is 1.58. The average Bonchev–Trinajstić information content (AvgIpc) is 3.46. The second-order valence-electron chi connectivity index (χ2n) is 7.04. The molecule has 0 atom stereocenters. The Hall–Kier alpha value is -1.94. The van der Waals surface area contributed by atoms with Crippen molar-refractivity contribution in [3.05, 3.63) is 46.1 Å². The van der Waals surface area contributed by atoms with Crippen LogP contribution in [0.2, 0.25) is 0 Å². The van der Waals surface area contributed by atoms with Gasteiger partial charge in [0.05, 0.1) is 10.7 Å². The lowest BCUT2D eigenvalue weighted by atomic mass is 9.99. The van der Waals surface area contributed by atoms with E-state index in [9.17, 15) is 8.42 Å². The molecule has 6 nitrogen and oxygen atoms in total. The normalized spacial score (nSPS) is 18.1. The quantitative estimate of drug-likeness (QED) is 0.598. The lowest BCUT2D eigenvalue weighted by Crippen LogP contribution is -2.37. The van der Waals surface area contributed by atoms with E-state index in [0.717, 1.165) is 40.6 Å². The third-order valence-corrected chi connectivity index (χ3v) is 9.53. The molecular weight excluding hydrogens is 428 g/mol. The Labute approximate surface area is 177 Å². The summed E-state index contributed by atoms with van der Waals surface area (Å²) in [4.78, 5) is 4.85. The molecule has 152 valence electrons. The van der Waals surface area contributed by atoms with E-state index < -0.39 is 10.0 Å². The summed E-state index contributed by atoms with van der Waals surface area (Å²) in [5, 5.41) is 4.94. The van der Waals surface area contributed by atoms with Crippen molar-refractivity contribution in [2.45, 2.75) is 23.0 Å². The number of ether oxygens (including phenoxy) is 2. The molecule has 3 aromatic rings. The highest BCUT2D eigenvalue weighted by Crippen LogP contribution is 2.37. The van der Waals surface area contributed by atoms with Crippen LogP contribution in [0.1, 0.15) is 23.8 Å². The number of thiazole rings is 1. The van der Waals surface area contributed by atoms with E-state index in [2.05, 4.69) is 5.38 Å². The van der Waals surface area contributed by atoms with Crippen molar-refractivity contribution in [2.75, 3.05) is 26.3 Å². The Bertz CT molecular complexity index is 1100. The molecule has 1 saturated heterocycles. The van der Waals surface area contributed by atoms with Gasteiger partial charge in [-0.25, -0.2) is 13.4 Å². The first kappa shape index (κ1) is 19.0. The number of thiophene rings is 1. The van der Waals surface area contributed by atoms with Crippen LogP contribution < -0.4 is 9.47 Å². The molecule has 29 heavy (non-hydrogen) atoms. The Morgan fingerprint density at radius 2 is 1.83 bits per heavy atom. The number of rotatable bonds is 4. The van der Waals surface area contributed by atoms with Crippen LogP contribution in [0.15, 0.2) is 45.3 Å². The molecule has 0 aliphatic carbocycles. The molecule has 0 amide bonds. The predicted molar refractivity (Wildman–Crippen MR) is 114 cm³/mol. The number of hydrogen-bond donors (Lipinski definition) is 0. The van der Waals surface area contributed by atoms with Crippen LogP contribution in [-0.4, -0.2) is 44.0 Å². The summed E-state index contributed by atoms with van der Waals surface area (Å²) in [5.41, 5.74) is 1.94. The van der Waals surface area contributed by atoms with Gasteiger partial charge in [-0.15, -0.1) is 22.7 Å². The summed E-state index contributed by atoms with van der Waals surface area (Å²) < 4.78 is 38.7. The van der Waals surface area contributed by atoms with Gasteiger partial charge in [-0.2, -0.15) is 4.31 Å². The van der Waals surface area contributed by atoms with E-state index >= 15 is 0 Å². The van der Waals surface area contributed by atoms with Crippen molar-refractivity contribution in [3.63, 3.8) is 0 Å². The fourth-order valence-corrected chi connectivity index (χ4v) is 7.31. The minimum Gasteiger partial charge on any atom is -0.486 e. The van der Waals surface area contributed by atoms with Gasteiger partial charge >= 0.3 is 0 Å². The first-order valence-corrected chi connectivity index (χ1v) is 12.7. The van der Waals surface area contributed by atoms with Crippen molar-refractivity contribution in [1.82, 2.24) is 9.29 Å². The minimum absolute atomic E-state index is 0.292. The lowest BCUT2D eigenvalue weighted by molar-refractivity contribution is 0.171. The monoisotopic (exact) mass is 448 g/mol. The third-order valence-electron chi connectivity index (χ3n) is 5.25. The highest BCUT2D eigenvalue weighted by atomic mass is 32.2. The molecule has 2 aromatic heterocycles. The highest BCUT2D eigenvalue weighted by molar-refractivity contribution is 7.91. The zero-order chi connectivity index (χ0) is 19.8. The number of nitrogens with zero attached hydrogens (tertiary/aromatic N) is 2.